The van der Waals surface area contributed by atoms with Gasteiger partial charge < -0.3 is 26.8 Å². The van der Waals surface area contributed by atoms with Gasteiger partial charge in [0, 0.05) is 24.1 Å². The Morgan fingerprint density at radius 3 is 2.42 bits per heavy atom. The number of rotatable bonds is 3. The van der Waals surface area contributed by atoms with Crippen LogP contribution >= 0.6 is 11.3 Å². The van der Waals surface area contributed by atoms with Gasteiger partial charge in [-0.25, -0.2) is 9.98 Å². The minimum absolute atomic E-state index is 0.161. The molecule has 208 valence electrons. The zero-order valence-electron chi connectivity index (χ0n) is 20.7. The number of nitrogens with two attached hydrogens (primary N) is 2. The van der Waals surface area contributed by atoms with Crippen molar-refractivity contribution in [2.45, 2.75) is 25.2 Å². The van der Waals surface area contributed by atoms with Gasteiger partial charge in [0.25, 0.3) is 11.9 Å². The topological polar surface area (TPSA) is 181 Å². The average molecular weight is 573 g/mol. The number of benzodiazepines with no additional fused rings is 1. The number of anilines is 2. The number of halogens is 3. The van der Waals surface area contributed by atoms with Crippen LogP contribution in [0.15, 0.2) is 64.6 Å². The lowest BCUT2D eigenvalue weighted by Gasteiger charge is -2.09. The molecule has 2 aliphatic rings. The van der Waals surface area contributed by atoms with Gasteiger partial charge in [0.15, 0.2) is 5.69 Å². The van der Waals surface area contributed by atoms with Gasteiger partial charge in [0.05, 0.1) is 11.4 Å². The lowest BCUT2D eigenvalue weighted by molar-refractivity contribution is -0.137. The third kappa shape index (κ3) is 6.79. The number of fused-ring (bicyclic) bond motifs is 1. The number of aliphatic imine (C=N–C) groups is 2. The molecule has 1 atom stereocenters. The number of hydrogen-bond donors (Lipinski definition) is 5. The lowest BCUT2D eigenvalue weighted by atomic mass is 10.0. The summed E-state index contributed by atoms with van der Waals surface area (Å²) in [7, 11) is 0. The van der Waals surface area contributed by atoms with E-state index in [2.05, 4.69) is 25.6 Å². The SMILES string of the molecule is N=C(O/C(N)=N/C1N=C(c2ccccc2)c2ccccc2NC1=O)c1nc(C(F)(F)F)sc1N.O=C1CCCN1. The number of benzene rings is 2. The van der Waals surface area contributed by atoms with Crippen molar-refractivity contribution in [3.05, 3.63) is 76.4 Å². The number of thiazole rings is 1. The number of amides is 2. The first kappa shape index (κ1) is 28.2. The van der Waals surface area contributed by atoms with Crippen LogP contribution < -0.4 is 22.1 Å². The van der Waals surface area contributed by atoms with Crippen LogP contribution in [0.25, 0.3) is 0 Å². The van der Waals surface area contributed by atoms with Crippen LogP contribution in [0.1, 0.15) is 34.7 Å². The fraction of sp³-hybridized carbons (Fsp3) is 0.200. The smallest absolute Gasteiger partial charge is 0.405 e. The van der Waals surface area contributed by atoms with E-state index in [-0.39, 0.29) is 22.2 Å². The number of para-hydroxylation sites is 1. The summed E-state index contributed by atoms with van der Waals surface area (Å²) in [6.45, 7) is 0.888. The average Bonchev–Trinajstić information content (AvgIpc) is 3.53. The second-order valence-electron chi connectivity index (χ2n) is 8.33. The van der Waals surface area contributed by atoms with Crippen molar-refractivity contribution in [3.63, 3.8) is 0 Å². The number of hydrogen-bond acceptors (Lipinski definition) is 9. The van der Waals surface area contributed by atoms with Crippen molar-refractivity contribution in [2.24, 2.45) is 15.7 Å². The molecule has 2 aliphatic heterocycles. The summed E-state index contributed by atoms with van der Waals surface area (Å²) in [6, 6.07) is 15.4. The van der Waals surface area contributed by atoms with Crippen LogP contribution in [0.2, 0.25) is 0 Å². The number of nitrogens with one attached hydrogen (secondary N) is 3. The molecule has 0 saturated carbocycles. The van der Waals surface area contributed by atoms with Crippen LogP contribution in [0, 0.1) is 5.41 Å². The summed E-state index contributed by atoms with van der Waals surface area (Å²) in [5, 5.41) is 11.7. The Kier molecular flexibility index (Phi) is 8.43. The number of nitrogen functional groups attached to an aromatic ring is 1. The summed E-state index contributed by atoms with van der Waals surface area (Å²) in [5.74, 6) is -1.27. The molecule has 3 aromatic rings. The van der Waals surface area contributed by atoms with Gasteiger partial charge in [-0.05, 0) is 12.5 Å². The van der Waals surface area contributed by atoms with Crippen LogP contribution in [-0.2, 0) is 20.5 Å². The number of alkyl halides is 3. The van der Waals surface area contributed by atoms with Crippen LogP contribution in [-0.4, -0.2) is 47.1 Å². The van der Waals surface area contributed by atoms with E-state index >= 15 is 0 Å². The van der Waals surface area contributed by atoms with Crippen molar-refractivity contribution < 1.29 is 27.5 Å². The van der Waals surface area contributed by atoms with Gasteiger partial charge >= 0.3 is 6.18 Å². The van der Waals surface area contributed by atoms with Crippen molar-refractivity contribution in [3.8, 4) is 0 Å². The first-order valence-electron chi connectivity index (χ1n) is 11.8. The number of carbonyl (C=O) groups excluding carboxylic acids is 2. The summed E-state index contributed by atoms with van der Waals surface area (Å²) in [6.07, 6.45) is -4.36. The molecule has 1 aromatic heterocycles. The monoisotopic (exact) mass is 572 g/mol. The number of aromatic nitrogens is 1. The standard InChI is InChI=1S/C21H16F3N7O2S.C4H7NO/c22-21(23,24)19-30-14(16(26)34-19)15(25)33-20(27)31-17-18(32)28-12-9-5-4-8-11(12)13(29-17)10-6-2-1-3-7-10;6-4-2-1-3-5-4/h1-9,17,25H,26H2,(H2,27,31)(H,28,32);1-3H2,(H,5,6). The summed E-state index contributed by atoms with van der Waals surface area (Å²) >= 11 is 0.161. The van der Waals surface area contributed by atoms with Gasteiger partial charge in [0.1, 0.15) is 5.00 Å². The molecule has 0 radical (unpaired) electrons. The molecule has 1 fully saturated rings. The van der Waals surface area contributed by atoms with Crippen LogP contribution in [0.4, 0.5) is 23.9 Å². The molecule has 0 aliphatic carbocycles. The van der Waals surface area contributed by atoms with Crippen LogP contribution in [0.3, 0.4) is 0 Å². The molecule has 2 amide bonds. The molecular formula is C25H23F3N8O3S. The largest absolute Gasteiger partial charge is 0.443 e. The molecule has 15 heteroatoms. The van der Waals surface area contributed by atoms with Gasteiger partial charge in [-0.3, -0.25) is 15.0 Å². The van der Waals surface area contributed by atoms with Gasteiger partial charge in [-0.15, -0.1) is 0 Å². The van der Waals surface area contributed by atoms with Crippen LogP contribution in [0.5, 0.6) is 0 Å². The van der Waals surface area contributed by atoms with E-state index < -0.39 is 40.9 Å². The highest BCUT2D eigenvalue weighted by Gasteiger charge is 2.36. The zero-order chi connectivity index (χ0) is 28.9. The van der Waals surface area contributed by atoms with Crippen molar-refractivity contribution in [1.29, 1.82) is 5.41 Å². The molecule has 1 unspecified atom stereocenters. The Labute approximate surface area is 229 Å². The Morgan fingerprint density at radius 2 is 1.82 bits per heavy atom. The Morgan fingerprint density at radius 1 is 1.12 bits per heavy atom. The third-order valence-corrected chi connectivity index (χ3v) is 6.37. The molecule has 11 nitrogen and oxygen atoms in total. The molecule has 0 spiro atoms. The maximum Gasteiger partial charge on any atom is 0.443 e. The Balaban J connectivity index is 0.000000546. The molecule has 40 heavy (non-hydrogen) atoms. The number of amidine groups is 1. The molecule has 1 saturated heterocycles. The predicted octanol–water partition coefficient (Wildman–Crippen LogP) is 3.11. The fourth-order valence-corrected chi connectivity index (χ4v) is 4.34. The maximum absolute atomic E-state index is 12.9. The second-order valence-corrected chi connectivity index (χ2v) is 9.36. The minimum atomic E-state index is -4.73. The van der Waals surface area contributed by atoms with E-state index in [0.29, 0.717) is 22.5 Å². The summed E-state index contributed by atoms with van der Waals surface area (Å²) < 4.78 is 43.6. The van der Waals surface area contributed by atoms with E-state index in [1.54, 1.807) is 24.3 Å². The Hall–Kier alpha value is -4.79. The number of carbonyl (C=O) groups is 2. The fourth-order valence-electron chi connectivity index (χ4n) is 3.64. The molecule has 3 heterocycles. The number of ether oxygens (including phenoxy) is 1. The Bertz CT molecular complexity index is 1480. The highest BCUT2D eigenvalue weighted by Crippen LogP contribution is 2.35. The van der Waals surface area contributed by atoms with E-state index in [0.717, 1.165) is 19.4 Å². The molecular weight excluding hydrogens is 549 g/mol. The van der Waals surface area contributed by atoms with E-state index in [1.807, 2.05) is 30.3 Å². The summed E-state index contributed by atoms with van der Waals surface area (Å²) in [4.78, 5) is 34.6. The first-order chi connectivity index (χ1) is 19.0. The molecule has 2 aromatic carbocycles. The predicted molar refractivity (Wildman–Crippen MR) is 144 cm³/mol. The van der Waals surface area contributed by atoms with E-state index in [1.165, 1.54) is 0 Å². The highest BCUT2D eigenvalue weighted by atomic mass is 32.1. The summed E-state index contributed by atoms with van der Waals surface area (Å²) in [5.41, 5.74) is 13.1. The molecule has 7 N–H and O–H groups in total. The quantitative estimate of drug-likeness (QED) is 0.237. The normalized spacial score (nSPS) is 16.9. The van der Waals surface area contributed by atoms with E-state index in [4.69, 9.17) is 21.6 Å². The van der Waals surface area contributed by atoms with E-state index in [9.17, 15) is 22.8 Å². The minimum Gasteiger partial charge on any atom is -0.405 e. The third-order valence-electron chi connectivity index (χ3n) is 5.44. The molecule has 0 bridgehead atoms. The number of nitrogens with zero attached hydrogens (tertiary/aromatic N) is 3. The van der Waals surface area contributed by atoms with Crippen molar-refractivity contribution in [1.82, 2.24) is 10.3 Å². The van der Waals surface area contributed by atoms with Gasteiger partial charge in [0.2, 0.25) is 23.0 Å². The van der Waals surface area contributed by atoms with Gasteiger partial charge in [-0.2, -0.15) is 18.2 Å². The lowest BCUT2D eigenvalue weighted by Crippen LogP contribution is -2.29. The highest BCUT2D eigenvalue weighted by molar-refractivity contribution is 7.16. The van der Waals surface area contributed by atoms with Gasteiger partial charge in [-0.1, -0.05) is 59.9 Å². The molecule has 5 rings (SSSR count). The van der Waals surface area contributed by atoms with Crippen molar-refractivity contribution >= 4 is 51.5 Å². The first-order valence-corrected chi connectivity index (χ1v) is 12.6. The maximum atomic E-state index is 12.9. The zero-order valence-corrected chi connectivity index (χ0v) is 21.5. The second kappa shape index (κ2) is 11.9. The van der Waals surface area contributed by atoms with Crippen molar-refractivity contribution in [2.75, 3.05) is 17.6 Å².